The van der Waals surface area contributed by atoms with Crippen LogP contribution in [0.4, 0.5) is 0 Å². The first kappa shape index (κ1) is 14.1. The first-order valence-electron chi connectivity index (χ1n) is 7.15. The van der Waals surface area contributed by atoms with Crippen molar-refractivity contribution < 1.29 is 14.7 Å². The number of hydroxylamine groups is 2. The van der Waals surface area contributed by atoms with E-state index in [9.17, 15) is 9.90 Å². The molecule has 1 atom stereocenters. The van der Waals surface area contributed by atoms with Crippen molar-refractivity contribution in [1.82, 2.24) is 10.0 Å². The van der Waals surface area contributed by atoms with Gasteiger partial charge >= 0.3 is 0 Å². The fraction of sp³-hybridized carbons (Fsp3) is 0.438. The predicted molar refractivity (Wildman–Crippen MR) is 79.9 cm³/mol. The summed E-state index contributed by atoms with van der Waals surface area (Å²) in [4.78, 5) is 20.9. The maximum absolute atomic E-state index is 12.3. The van der Waals surface area contributed by atoms with E-state index in [1.807, 2.05) is 6.92 Å². The van der Waals surface area contributed by atoms with Crippen molar-refractivity contribution >= 4 is 16.8 Å². The molecule has 0 aliphatic carbocycles. The molecule has 5 heteroatoms. The van der Waals surface area contributed by atoms with Crippen LogP contribution in [0, 0.1) is 20.8 Å². The Hall–Kier alpha value is -1.85. The Labute approximate surface area is 123 Å². The molecule has 1 fully saturated rings. The van der Waals surface area contributed by atoms with Gasteiger partial charge < -0.3 is 10.1 Å². The number of nitrogens with zero attached hydrogens (tertiary/aromatic N) is 1. The number of hydrogen-bond acceptors (Lipinski definition) is 3. The summed E-state index contributed by atoms with van der Waals surface area (Å²) in [6, 6.07) is 4.23. The van der Waals surface area contributed by atoms with Gasteiger partial charge in [0.2, 0.25) is 0 Å². The number of aliphatic hydroxyl groups is 1. The number of hydrogen-bond donors (Lipinski definition) is 2. The molecule has 1 aromatic carbocycles. The number of β-amino-alcohol motifs (C(OH)–C–C–N with tert-alkyl or cyclic N) is 1. The minimum atomic E-state index is -0.581. The average molecular weight is 288 g/mol. The summed E-state index contributed by atoms with van der Waals surface area (Å²) in [7, 11) is 0. The molecular weight excluding hydrogens is 268 g/mol. The molecule has 21 heavy (non-hydrogen) atoms. The lowest BCUT2D eigenvalue weighted by molar-refractivity contribution is -0.167. The van der Waals surface area contributed by atoms with E-state index in [1.54, 1.807) is 0 Å². The van der Waals surface area contributed by atoms with Crippen LogP contribution in [0.1, 0.15) is 22.4 Å². The highest BCUT2D eigenvalue weighted by atomic mass is 16.7. The van der Waals surface area contributed by atoms with Gasteiger partial charge in [-0.05, 0) is 38.0 Å². The summed E-state index contributed by atoms with van der Waals surface area (Å²) in [6.07, 6.45) is -0.302. The number of H-pyrrole nitrogens is 1. The summed E-state index contributed by atoms with van der Waals surface area (Å²) < 4.78 is 0. The number of amides is 1. The Bertz CT molecular complexity index is 705. The van der Waals surface area contributed by atoms with Gasteiger partial charge in [0.1, 0.15) is 6.61 Å². The lowest BCUT2D eigenvalue weighted by atomic mass is 10.0. The van der Waals surface area contributed by atoms with Crippen molar-refractivity contribution in [1.29, 1.82) is 0 Å². The first-order valence-corrected chi connectivity index (χ1v) is 7.15. The van der Waals surface area contributed by atoms with E-state index in [-0.39, 0.29) is 25.5 Å². The zero-order valence-corrected chi connectivity index (χ0v) is 12.6. The highest BCUT2D eigenvalue weighted by molar-refractivity contribution is 5.92. The molecule has 1 aromatic heterocycles. The fourth-order valence-electron chi connectivity index (χ4n) is 2.95. The van der Waals surface area contributed by atoms with Gasteiger partial charge in [0.05, 0.1) is 19.1 Å². The molecule has 1 amide bonds. The molecule has 3 rings (SSSR count). The molecule has 0 radical (unpaired) electrons. The molecule has 2 aromatic rings. The van der Waals surface area contributed by atoms with Crippen molar-refractivity contribution in [2.75, 3.05) is 13.2 Å². The quantitative estimate of drug-likeness (QED) is 0.885. The largest absolute Gasteiger partial charge is 0.389 e. The minimum absolute atomic E-state index is 0.116. The number of nitrogens with one attached hydrogen (secondary N) is 1. The Morgan fingerprint density at radius 1 is 1.43 bits per heavy atom. The molecule has 1 aliphatic heterocycles. The summed E-state index contributed by atoms with van der Waals surface area (Å²) in [5.74, 6) is -0.116. The highest BCUT2D eigenvalue weighted by Crippen LogP contribution is 2.27. The van der Waals surface area contributed by atoms with Gasteiger partial charge in [-0.25, -0.2) is 5.06 Å². The van der Waals surface area contributed by atoms with E-state index < -0.39 is 6.10 Å². The lowest BCUT2D eigenvalue weighted by Gasteiger charge is -2.13. The zero-order chi connectivity index (χ0) is 15.1. The Morgan fingerprint density at radius 2 is 2.19 bits per heavy atom. The summed E-state index contributed by atoms with van der Waals surface area (Å²) >= 11 is 0. The summed E-state index contributed by atoms with van der Waals surface area (Å²) in [5.41, 5.74) is 5.46. The Kier molecular flexibility index (Phi) is 3.47. The molecule has 2 N–H and O–H groups in total. The number of aromatic nitrogens is 1. The second-order valence-corrected chi connectivity index (χ2v) is 5.81. The Balaban J connectivity index is 1.93. The average Bonchev–Trinajstić information content (AvgIpc) is 2.96. The third kappa shape index (κ3) is 2.54. The number of aryl methyl sites for hydroxylation is 3. The van der Waals surface area contributed by atoms with Gasteiger partial charge in [0.15, 0.2) is 0 Å². The molecule has 112 valence electrons. The van der Waals surface area contributed by atoms with E-state index in [4.69, 9.17) is 4.84 Å². The monoisotopic (exact) mass is 288 g/mol. The van der Waals surface area contributed by atoms with Crippen LogP contribution in [0.15, 0.2) is 12.1 Å². The van der Waals surface area contributed by atoms with Gasteiger partial charge in [-0.1, -0.05) is 11.6 Å². The van der Waals surface area contributed by atoms with E-state index in [0.717, 1.165) is 22.2 Å². The molecule has 2 heterocycles. The van der Waals surface area contributed by atoms with Gasteiger partial charge in [-0.15, -0.1) is 0 Å². The van der Waals surface area contributed by atoms with Crippen molar-refractivity contribution in [3.05, 3.63) is 34.5 Å². The number of fused-ring (bicyclic) bond motifs is 1. The highest BCUT2D eigenvalue weighted by Gasteiger charge is 2.27. The molecule has 1 unspecified atom stereocenters. The SMILES string of the molecule is Cc1cc(C)c2[nH]c(C)c(CC(=O)N3CC(O)CO3)c2c1. The molecule has 0 bridgehead atoms. The number of aliphatic hydroxyl groups excluding tert-OH is 1. The summed E-state index contributed by atoms with van der Waals surface area (Å²) in [5, 5.41) is 11.8. The van der Waals surface area contributed by atoms with Crippen molar-refractivity contribution in [3.63, 3.8) is 0 Å². The van der Waals surface area contributed by atoms with Gasteiger partial charge in [-0.3, -0.25) is 9.63 Å². The lowest BCUT2D eigenvalue weighted by Crippen LogP contribution is -2.29. The van der Waals surface area contributed by atoms with Crippen LogP contribution in [0.5, 0.6) is 0 Å². The van der Waals surface area contributed by atoms with Crippen LogP contribution < -0.4 is 0 Å². The van der Waals surface area contributed by atoms with E-state index in [2.05, 4.69) is 31.0 Å². The number of carbonyl (C=O) groups is 1. The minimum Gasteiger partial charge on any atom is -0.389 e. The number of rotatable bonds is 2. The van der Waals surface area contributed by atoms with Gasteiger partial charge in [0.25, 0.3) is 5.91 Å². The van der Waals surface area contributed by atoms with Crippen molar-refractivity contribution in [3.8, 4) is 0 Å². The third-order valence-corrected chi connectivity index (χ3v) is 3.98. The van der Waals surface area contributed by atoms with Crippen LogP contribution in [-0.2, 0) is 16.1 Å². The van der Waals surface area contributed by atoms with E-state index >= 15 is 0 Å². The predicted octanol–water partition coefficient (Wildman–Crippen LogP) is 1.77. The molecule has 0 spiro atoms. The molecule has 0 saturated carbocycles. The van der Waals surface area contributed by atoms with E-state index in [0.29, 0.717) is 0 Å². The Morgan fingerprint density at radius 3 is 2.86 bits per heavy atom. The standard InChI is InChI=1S/C16H20N2O3/c1-9-4-10(2)16-14(5-9)13(11(3)17-16)6-15(20)18-7-12(19)8-21-18/h4-5,12,17,19H,6-8H2,1-3H3. The first-order chi connectivity index (χ1) is 9.95. The van der Waals surface area contributed by atoms with Crippen LogP contribution in [0.25, 0.3) is 10.9 Å². The second kappa shape index (κ2) is 5.16. The van der Waals surface area contributed by atoms with E-state index in [1.165, 1.54) is 16.2 Å². The van der Waals surface area contributed by atoms with Crippen LogP contribution in [-0.4, -0.2) is 40.3 Å². The molecular formula is C16H20N2O3. The topological polar surface area (TPSA) is 65.6 Å². The maximum atomic E-state index is 12.3. The second-order valence-electron chi connectivity index (χ2n) is 5.81. The fourth-order valence-corrected chi connectivity index (χ4v) is 2.95. The molecule has 1 aliphatic rings. The van der Waals surface area contributed by atoms with Crippen molar-refractivity contribution in [2.45, 2.75) is 33.3 Å². The van der Waals surface area contributed by atoms with Crippen LogP contribution in [0.2, 0.25) is 0 Å². The normalized spacial score (nSPS) is 18.7. The van der Waals surface area contributed by atoms with Crippen molar-refractivity contribution in [2.24, 2.45) is 0 Å². The van der Waals surface area contributed by atoms with Crippen LogP contribution >= 0.6 is 0 Å². The van der Waals surface area contributed by atoms with Gasteiger partial charge in [-0.2, -0.15) is 0 Å². The van der Waals surface area contributed by atoms with Crippen LogP contribution in [0.3, 0.4) is 0 Å². The number of aromatic amines is 1. The van der Waals surface area contributed by atoms with Gasteiger partial charge in [0, 0.05) is 16.6 Å². The number of carbonyl (C=O) groups excluding carboxylic acids is 1. The summed E-state index contributed by atoms with van der Waals surface area (Å²) in [6.45, 7) is 6.54. The third-order valence-electron chi connectivity index (χ3n) is 3.98. The number of benzene rings is 1. The zero-order valence-electron chi connectivity index (χ0n) is 12.6. The molecule has 5 nitrogen and oxygen atoms in total. The smallest absolute Gasteiger partial charge is 0.250 e. The maximum Gasteiger partial charge on any atom is 0.250 e. The molecule has 1 saturated heterocycles.